The van der Waals surface area contributed by atoms with Gasteiger partial charge < -0.3 is 9.30 Å². The number of Topliss-reactive ketones (excluding diaryl/α,β-unsaturated/α-hetero) is 1. The maximum absolute atomic E-state index is 12.7. The van der Waals surface area contributed by atoms with Crippen molar-refractivity contribution in [1.82, 2.24) is 9.30 Å². The normalized spacial score (nSPS) is 12.9. The summed E-state index contributed by atoms with van der Waals surface area (Å²) in [7, 11) is 3.77. The number of carbonyl (C=O) groups is 1. The number of hydrogen-bond acceptors (Lipinski definition) is 4. The Kier molecular flexibility index (Phi) is 3.96. The van der Waals surface area contributed by atoms with Gasteiger partial charge in [0, 0.05) is 11.6 Å². The number of nitrogens with zero attached hydrogens (tertiary/aromatic N) is 3. The zero-order valence-electron chi connectivity index (χ0n) is 13.5. The summed E-state index contributed by atoms with van der Waals surface area (Å²) < 4.78 is 2.00. The fraction of sp³-hybridized carbons (Fsp3) is 0.278. The summed E-state index contributed by atoms with van der Waals surface area (Å²) in [6.07, 6.45) is 1.94. The van der Waals surface area contributed by atoms with Gasteiger partial charge in [-0.15, -0.1) is 0 Å². The smallest absolute Gasteiger partial charge is 0.179 e. The number of likely N-dealkylation sites (N-methyl/N-ethyl adjacent to an activating group) is 1. The number of carbonyl (C=O) groups excluding carboxylic acids is 1. The van der Waals surface area contributed by atoms with Gasteiger partial charge >= 0.3 is 0 Å². The van der Waals surface area contributed by atoms with Crippen LogP contribution in [0.15, 0.2) is 47.8 Å². The molecule has 1 atom stereocenters. The number of ketones is 1. The van der Waals surface area contributed by atoms with Gasteiger partial charge in [0.25, 0.3) is 0 Å². The molecule has 0 aliphatic rings. The average Bonchev–Trinajstić information content (AvgIpc) is 2.87. The third-order valence-electron chi connectivity index (χ3n) is 4.05. The van der Waals surface area contributed by atoms with E-state index >= 15 is 0 Å². The van der Waals surface area contributed by atoms with Crippen molar-refractivity contribution < 1.29 is 4.79 Å². The van der Waals surface area contributed by atoms with Crippen molar-refractivity contribution in [2.45, 2.75) is 13.0 Å². The molecule has 5 heteroatoms. The molecule has 0 saturated heterocycles. The first-order valence-corrected chi connectivity index (χ1v) is 7.56. The zero-order chi connectivity index (χ0) is 16.6. The summed E-state index contributed by atoms with van der Waals surface area (Å²) in [6.45, 7) is 2.12. The highest BCUT2D eigenvalue weighted by atomic mass is 16.3. The zero-order valence-corrected chi connectivity index (χ0v) is 13.5. The van der Waals surface area contributed by atoms with E-state index in [1.165, 1.54) is 0 Å². The predicted octanol–water partition coefficient (Wildman–Crippen LogP) is 3.66. The summed E-state index contributed by atoms with van der Waals surface area (Å²) in [4.78, 5) is 25.4. The van der Waals surface area contributed by atoms with E-state index in [2.05, 4.69) is 5.18 Å². The van der Waals surface area contributed by atoms with Crippen molar-refractivity contribution in [3.05, 3.63) is 58.6 Å². The maximum Gasteiger partial charge on any atom is 0.179 e. The van der Waals surface area contributed by atoms with Gasteiger partial charge in [0.2, 0.25) is 0 Å². The van der Waals surface area contributed by atoms with Crippen LogP contribution in [0.4, 0.5) is 0 Å². The van der Waals surface area contributed by atoms with E-state index in [1.807, 2.05) is 66.0 Å². The molecule has 1 aromatic carbocycles. The predicted molar refractivity (Wildman–Crippen MR) is 92.0 cm³/mol. The molecule has 0 aliphatic heterocycles. The number of pyridine rings is 1. The van der Waals surface area contributed by atoms with Crippen LogP contribution in [0.25, 0.3) is 16.4 Å². The van der Waals surface area contributed by atoms with E-state index in [1.54, 1.807) is 6.92 Å². The molecule has 2 heterocycles. The van der Waals surface area contributed by atoms with Crippen LogP contribution in [0.5, 0.6) is 0 Å². The second kappa shape index (κ2) is 5.93. The highest BCUT2D eigenvalue weighted by Gasteiger charge is 2.19. The Labute approximate surface area is 134 Å². The first kappa shape index (κ1) is 15.4. The van der Waals surface area contributed by atoms with Gasteiger partial charge in [-0.3, -0.25) is 4.79 Å². The summed E-state index contributed by atoms with van der Waals surface area (Å²) in [5.74, 6) is 0.0861. The van der Waals surface area contributed by atoms with Crippen LogP contribution >= 0.6 is 0 Å². The van der Waals surface area contributed by atoms with E-state index in [0.717, 1.165) is 27.5 Å². The molecule has 0 spiro atoms. The van der Waals surface area contributed by atoms with E-state index in [9.17, 15) is 9.70 Å². The fourth-order valence-electron chi connectivity index (χ4n) is 2.93. The molecule has 0 amide bonds. The minimum atomic E-state index is -0.408. The fourth-order valence-corrected chi connectivity index (χ4v) is 2.93. The molecule has 3 aromatic rings. The summed E-state index contributed by atoms with van der Waals surface area (Å²) in [5, 5.41) is 4.00. The SMILES string of the molecule is CC(N=O)c1ccc2c(C(=O)CN(C)C)c3ccccn3c2c1. The lowest BCUT2D eigenvalue weighted by molar-refractivity contribution is 0.0961. The lowest BCUT2D eigenvalue weighted by Crippen LogP contribution is -2.21. The number of hydrogen-bond donors (Lipinski definition) is 0. The summed E-state index contributed by atoms with van der Waals surface area (Å²) in [5.41, 5.74) is 3.39. The van der Waals surface area contributed by atoms with Gasteiger partial charge in [-0.2, -0.15) is 4.91 Å². The topological polar surface area (TPSA) is 54.2 Å². The van der Waals surface area contributed by atoms with Gasteiger partial charge in [-0.1, -0.05) is 23.4 Å². The quantitative estimate of drug-likeness (QED) is 0.534. The number of aromatic nitrogens is 1. The minimum absolute atomic E-state index is 0.0861. The van der Waals surface area contributed by atoms with Gasteiger partial charge in [-0.25, -0.2) is 0 Å². The molecule has 0 saturated carbocycles. The van der Waals surface area contributed by atoms with Crippen molar-refractivity contribution in [3.63, 3.8) is 0 Å². The van der Waals surface area contributed by atoms with Crippen LogP contribution in [0.3, 0.4) is 0 Å². The van der Waals surface area contributed by atoms with Crippen molar-refractivity contribution in [2.24, 2.45) is 5.18 Å². The van der Waals surface area contributed by atoms with Crippen molar-refractivity contribution in [1.29, 1.82) is 0 Å². The van der Waals surface area contributed by atoms with Crippen LogP contribution in [0.2, 0.25) is 0 Å². The van der Waals surface area contributed by atoms with E-state index in [-0.39, 0.29) is 5.78 Å². The molecule has 0 bridgehead atoms. The van der Waals surface area contributed by atoms with E-state index < -0.39 is 6.04 Å². The van der Waals surface area contributed by atoms with Crippen LogP contribution in [0.1, 0.15) is 28.9 Å². The highest BCUT2D eigenvalue weighted by Crippen LogP contribution is 2.30. The second-order valence-electron chi connectivity index (χ2n) is 6.05. The van der Waals surface area contributed by atoms with E-state index in [0.29, 0.717) is 6.54 Å². The second-order valence-corrected chi connectivity index (χ2v) is 6.05. The van der Waals surface area contributed by atoms with Crippen LogP contribution in [0, 0.1) is 4.91 Å². The molecule has 0 N–H and O–H groups in total. The van der Waals surface area contributed by atoms with Crippen molar-refractivity contribution in [3.8, 4) is 0 Å². The Morgan fingerprint density at radius 1 is 1.22 bits per heavy atom. The third kappa shape index (κ3) is 2.64. The molecule has 2 aromatic heterocycles. The standard InChI is InChI=1S/C18H19N3O2/c1-12(19-23)13-7-8-14-16(10-13)21-9-5-4-6-15(21)18(14)17(22)11-20(2)3/h4-10,12H,11H2,1-3H3. The number of nitroso groups, excluding NO2 is 1. The average molecular weight is 309 g/mol. The Morgan fingerprint density at radius 2 is 2.00 bits per heavy atom. The minimum Gasteiger partial charge on any atom is -0.316 e. The summed E-state index contributed by atoms with van der Waals surface area (Å²) in [6, 6.07) is 11.1. The molecular weight excluding hydrogens is 290 g/mol. The van der Waals surface area contributed by atoms with Crippen LogP contribution in [-0.2, 0) is 0 Å². The van der Waals surface area contributed by atoms with Crippen molar-refractivity contribution >= 4 is 22.2 Å². The van der Waals surface area contributed by atoms with E-state index in [4.69, 9.17) is 0 Å². The third-order valence-corrected chi connectivity index (χ3v) is 4.05. The molecule has 3 rings (SSSR count). The first-order chi connectivity index (χ1) is 11.0. The maximum atomic E-state index is 12.7. The van der Waals surface area contributed by atoms with Crippen LogP contribution < -0.4 is 0 Å². The highest BCUT2D eigenvalue weighted by molar-refractivity contribution is 6.15. The summed E-state index contributed by atoms with van der Waals surface area (Å²) >= 11 is 0. The monoisotopic (exact) mass is 309 g/mol. The largest absolute Gasteiger partial charge is 0.316 e. The van der Waals surface area contributed by atoms with Gasteiger partial charge in [0.15, 0.2) is 5.78 Å². The van der Waals surface area contributed by atoms with Gasteiger partial charge in [0.1, 0.15) is 6.04 Å². The first-order valence-electron chi connectivity index (χ1n) is 7.56. The lowest BCUT2D eigenvalue weighted by atomic mass is 10.0. The van der Waals surface area contributed by atoms with Crippen molar-refractivity contribution in [2.75, 3.05) is 20.6 Å². The molecular formula is C18H19N3O2. The van der Waals surface area contributed by atoms with Crippen LogP contribution in [-0.4, -0.2) is 35.7 Å². The molecule has 1 unspecified atom stereocenters. The molecule has 0 radical (unpaired) electrons. The molecule has 118 valence electrons. The molecule has 0 aliphatic carbocycles. The Morgan fingerprint density at radius 3 is 2.70 bits per heavy atom. The lowest BCUT2D eigenvalue weighted by Gasteiger charge is -2.08. The number of benzene rings is 1. The number of rotatable bonds is 5. The van der Waals surface area contributed by atoms with Gasteiger partial charge in [-0.05, 0) is 44.8 Å². The molecule has 0 fully saturated rings. The Balaban J connectivity index is 2.29. The number of fused-ring (bicyclic) bond motifs is 3. The molecule has 23 heavy (non-hydrogen) atoms. The van der Waals surface area contributed by atoms with Gasteiger partial charge in [0.05, 0.1) is 23.1 Å². The molecule has 5 nitrogen and oxygen atoms in total. The Bertz CT molecular complexity index is 896. The Hall–Kier alpha value is -2.53.